The average Bonchev–Trinajstić information content (AvgIpc) is 2.47. The van der Waals surface area contributed by atoms with Crippen LogP contribution in [0.25, 0.3) is 0 Å². The zero-order valence-corrected chi connectivity index (χ0v) is 7.84. The molecule has 6 heteroatoms. The van der Waals surface area contributed by atoms with E-state index in [-0.39, 0.29) is 0 Å². The lowest BCUT2D eigenvalue weighted by atomic mass is 10.1. The van der Waals surface area contributed by atoms with Gasteiger partial charge in [0.05, 0.1) is 0 Å². The summed E-state index contributed by atoms with van der Waals surface area (Å²) in [7, 11) is 0. The van der Waals surface area contributed by atoms with Gasteiger partial charge in [0.25, 0.3) is 0 Å². The maximum absolute atomic E-state index is 10.7. The minimum Gasteiger partial charge on any atom is -0.479 e. The number of fused-ring (bicyclic) bond motifs is 1. The summed E-state index contributed by atoms with van der Waals surface area (Å²) in [5.41, 5.74) is 0. The third-order valence-electron chi connectivity index (χ3n) is 2.27. The zero-order valence-electron chi connectivity index (χ0n) is 7.84. The molecule has 2 fully saturated rings. The molecular weight excluding hydrogens is 192 g/mol. The van der Waals surface area contributed by atoms with Gasteiger partial charge in [0.1, 0.15) is 12.2 Å². The molecule has 2 N–H and O–H groups in total. The van der Waals surface area contributed by atoms with Crippen LogP contribution in [-0.4, -0.2) is 46.6 Å². The summed E-state index contributed by atoms with van der Waals surface area (Å²) < 4.78 is 15.4. The predicted octanol–water partition coefficient (Wildman–Crippen LogP) is -0.692. The summed E-state index contributed by atoms with van der Waals surface area (Å²) >= 11 is 0. The third kappa shape index (κ3) is 1.40. The van der Waals surface area contributed by atoms with Gasteiger partial charge >= 0.3 is 5.97 Å². The number of hydrogen-bond acceptors (Lipinski definition) is 5. The van der Waals surface area contributed by atoms with Crippen LogP contribution in [0.1, 0.15) is 13.8 Å². The lowest BCUT2D eigenvalue weighted by molar-refractivity contribution is -0.222. The number of hydrogen-bond donors (Lipinski definition) is 2. The Morgan fingerprint density at radius 1 is 1.29 bits per heavy atom. The molecule has 2 aliphatic rings. The fourth-order valence-electron chi connectivity index (χ4n) is 1.78. The zero-order chi connectivity index (χ0) is 10.5. The van der Waals surface area contributed by atoms with E-state index in [9.17, 15) is 9.90 Å². The van der Waals surface area contributed by atoms with E-state index in [0.717, 1.165) is 0 Å². The number of rotatable bonds is 1. The number of aliphatic hydroxyl groups excluding tert-OH is 1. The maximum Gasteiger partial charge on any atom is 0.335 e. The Hall–Kier alpha value is -0.690. The van der Waals surface area contributed by atoms with Gasteiger partial charge in [-0.15, -0.1) is 0 Å². The van der Waals surface area contributed by atoms with E-state index in [1.54, 1.807) is 13.8 Å². The first-order valence-corrected chi connectivity index (χ1v) is 4.33. The van der Waals surface area contributed by atoms with E-state index in [4.69, 9.17) is 19.3 Å². The molecular formula is C8H12O6. The molecule has 0 aromatic heterocycles. The van der Waals surface area contributed by atoms with E-state index in [1.165, 1.54) is 0 Å². The Bertz CT molecular complexity index is 263. The van der Waals surface area contributed by atoms with Gasteiger partial charge in [-0.05, 0) is 13.8 Å². The lowest BCUT2D eigenvalue weighted by Gasteiger charge is -2.20. The van der Waals surface area contributed by atoms with Crippen molar-refractivity contribution in [1.29, 1.82) is 0 Å². The van der Waals surface area contributed by atoms with Crippen molar-refractivity contribution in [3.63, 3.8) is 0 Å². The summed E-state index contributed by atoms with van der Waals surface area (Å²) in [5.74, 6) is -2.02. The molecule has 14 heavy (non-hydrogen) atoms. The van der Waals surface area contributed by atoms with Gasteiger partial charge in [-0.1, -0.05) is 0 Å². The van der Waals surface area contributed by atoms with Gasteiger partial charge in [0, 0.05) is 0 Å². The van der Waals surface area contributed by atoms with Crippen molar-refractivity contribution in [2.45, 2.75) is 44.2 Å². The Morgan fingerprint density at radius 2 is 1.86 bits per heavy atom. The Morgan fingerprint density at radius 3 is 2.43 bits per heavy atom. The van der Waals surface area contributed by atoms with Gasteiger partial charge in [-0.25, -0.2) is 4.79 Å². The second-order valence-electron chi connectivity index (χ2n) is 3.85. The van der Waals surface area contributed by atoms with Gasteiger partial charge in [0.15, 0.2) is 18.2 Å². The van der Waals surface area contributed by atoms with Crippen molar-refractivity contribution >= 4 is 5.97 Å². The number of carboxylic acids is 1. The van der Waals surface area contributed by atoms with Crippen molar-refractivity contribution < 1.29 is 29.2 Å². The molecule has 0 bridgehead atoms. The molecule has 0 aromatic carbocycles. The van der Waals surface area contributed by atoms with E-state index < -0.39 is 36.4 Å². The van der Waals surface area contributed by atoms with Crippen molar-refractivity contribution in [3.05, 3.63) is 0 Å². The van der Waals surface area contributed by atoms with Gasteiger partial charge < -0.3 is 24.4 Å². The van der Waals surface area contributed by atoms with Crippen LogP contribution in [-0.2, 0) is 19.0 Å². The van der Waals surface area contributed by atoms with Crippen molar-refractivity contribution in [2.75, 3.05) is 0 Å². The van der Waals surface area contributed by atoms with E-state index >= 15 is 0 Å². The lowest BCUT2D eigenvalue weighted by Crippen LogP contribution is -2.35. The summed E-state index contributed by atoms with van der Waals surface area (Å²) in [4.78, 5) is 10.7. The van der Waals surface area contributed by atoms with E-state index in [2.05, 4.69) is 0 Å². The fraction of sp³-hybridized carbons (Fsp3) is 0.875. The fourth-order valence-corrected chi connectivity index (χ4v) is 1.78. The highest BCUT2D eigenvalue weighted by Gasteiger charge is 2.57. The Kier molecular flexibility index (Phi) is 2.04. The van der Waals surface area contributed by atoms with Gasteiger partial charge in [-0.2, -0.15) is 0 Å². The smallest absolute Gasteiger partial charge is 0.335 e. The van der Waals surface area contributed by atoms with E-state index in [0.29, 0.717) is 0 Å². The normalized spacial score (nSPS) is 45.1. The molecule has 0 saturated carbocycles. The SMILES string of the molecule is CC1(C)O[C@@H]2[C@@H](C(=O)O)OC(O)[C@@H]2O1. The van der Waals surface area contributed by atoms with Crippen molar-refractivity contribution in [3.8, 4) is 0 Å². The number of aliphatic hydroxyl groups is 1. The molecule has 2 rings (SSSR count). The highest BCUT2D eigenvalue weighted by Crippen LogP contribution is 2.37. The molecule has 6 nitrogen and oxygen atoms in total. The number of ether oxygens (including phenoxy) is 3. The highest BCUT2D eigenvalue weighted by molar-refractivity contribution is 5.73. The van der Waals surface area contributed by atoms with Gasteiger partial charge in [0.2, 0.25) is 0 Å². The number of aliphatic carboxylic acids is 1. The summed E-state index contributed by atoms with van der Waals surface area (Å²) in [6, 6.07) is 0. The molecule has 4 atom stereocenters. The highest BCUT2D eigenvalue weighted by atomic mass is 16.8. The largest absolute Gasteiger partial charge is 0.479 e. The minimum atomic E-state index is -1.23. The van der Waals surface area contributed by atoms with Crippen molar-refractivity contribution in [2.24, 2.45) is 0 Å². The quantitative estimate of drug-likeness (QED) is 0.588. The first-order chi connectivity index (χ1) is 6.41. The molecule has 0 aliphatic carbocycles. The van der Waals surface area contributed by atoms with Crippen LogP contribution >= 0.6 is 0 Å². The van der Waals surface area contributed by atoms with Crippen LogP contribution in [0.2, 0.25) is 0 Å². The first-order valence-electron chi connectivity index (χ1n) is 4.33. The molecule has 2 saturated heterocycles. The summed E-state index contributed by atoms with van der Waals surface area (Å²) in [6.07, 6.45) is -3.84. The number of carbonyl (C=O) groups is 1. The van der Waals surface area contributed by atoms with Crippen LogP contribution in [0.5, 0.6) is 0 Å². The monoisotopic (exact) mass is 204 g/mol. The van der Waals surface area contributed by atoms with Gasteiger partial charge in [-0.3, -0.25) is 0 Å². The van der Waals surface area contributed by atoms with Crippen LogP contribution in [0.15, 0.2) is 0 Å². The third-order valence-corrected chi connectivity index (χ3v) is 2.27. The Labute approximate surface area is 80.4 Å². The molecule has 0 amide bonds. The van der Waals surface area contributed by atoms with Crippen LogP contribution in [0.4, 0.5) is 0 Å². The second-order valence-corrected chi connectivity index (χ2v) is 3.85. The molecule has 2 heterocycles. The topological polar surface area (TPSA) is 85.2 Å². The van der Waals surface area contributed by atoms with Crippen LogP contribution in [0, 0.1) is 0 Å². The second kappa shape index (κ2) is 2.90. The minimum absolute atomic E-state index is 0.717. The van der Waals surface area contributed by atoms with Crippen LogP contribution < -0.4 is 0 Å². The standard InChI is InChI=1S/C8H12O6/c1-8(2)13-3-4(6(9)10)12-7(11)5(3)14-8/h3-5,7,11H,1-2H3,(H,9,10)/t3-,4+,5-,7?/m1/s1. The molecule has 2 aliphatic heterocycles. The van der Waals surface area contributed by atoms with E-state index in [1.807, 2.05) is 0 Å². The van der Waals surface area contributed by atoms with Crippen molar-refractivity contribution in [1.82, 2.24) is 0 Å². The summed E-state index contributed by atoms with van der Waals surface area (Å²) in [5, 5.41) is 18.1. The molecule has 0 aromatic rings. The summed E-state index contributed by atoms with van der Waals surface area (Å²) in [6.45, 7) is 3.33. The average molecular weight is 204 g/mol. The maximum atomic E-state index is 10.7. The predicted molar refractivity (Wildman–Crippen MR) is 42.3 cm³/mol. The Balaban J connectivity index is 2.19. The van der Waals surface area contributed by atoms with Crippen LogP contribution in [0.3, 0.4) is 0 Å². The molecule has 0 spiro atoms. The molecule has 1 unspecified atom stereocenters. The molecule has 0 radical (unpaired) electrons. The number of carboxylic acid groups (broad SMARTS) is 1. The molecule has 80 valence electrons. The first kappa shape index (κ1) is 9.85.